The summed E-state index contributed by atoms with van der Waals surface area (Å²) in [6.07, 6.45) is 1.18. The summed E-state index contributed by atoms with van der Waals surface area (Å²) < 4.78 is 11.0. The molecule has 104 valence electrons. The van der Waals surface area contributed by atoms with Gasteiger partial charge in [0.25, 0.3) is 5.69 Å². The SMILES string of the molecule is COc1ccc([N+](=O)[O-])cc1COC1CCN(C)C1. The highest BCUT2D eigenvalue weighted by atomic mass is 16.6. The number of likely N-dealkylation sites (N-methyl/N-ethyl adjacent to an activating group) is 1. The molecule has 6 nitrogen and oxygen atoms in total. The van der Waals surface area contributed by atoms with Gasteiger partial charge in [0.05, 0.1) is 24.7 Å². The van der Waals surface area contributed by atoms with Crippen molar-refractivity contribution in [3.8, 4) is 5.75 Å². The van der Waals surface area contributed by atoms with Crippen molar-refractivity contribution in [2.75, 3.05) is 27.2 Å². The first-order valence-corrected chi connectivity index (χ1v) is 6.21. The predicted molar refractivity (Wildman–Crippen MR) is 70.3 cm³/mol. The maximum atomic E-state index is 10.8. The van der Waals surface area contributed by atoms with E-state index in [1.54, 1.807) is 13.2 Å². The Morgan fingerprint density at radius 3 is 2.89 bits per heavy atom. The van der Waals surface area contributed by atoms with E-state index >= 15 is 0 Å². The van der Waals surface area contributed by atoms with Crippen molar-refractivity contribution in [2.45, 2.75) is 19.1 Å². The minimum Gasteiger partial charge on any atom is -0.496 e. The average Bonchev–Trinajstić information content (AvgIpc) is 2.81. The Labute approximate surface area is 112 Å². The lowest BCUT2D eigenvalue weighted by atomic mass is 10.2. The molecule has 0 bridgehead atoms. The van der Waals surface area contributed by atoms with E-state index in [1.807, 2.05) is 0 Å². The predicted octanol–water partition coefficient (Wildman–Crippen LogP) is 1.82. The maximum absolute atomic E-state index is 10.8. The molecule has 1 aromatic carbocycles. The molecule has 2 rings (SSSR count). The third kappa shape index (κ3) is 3.42. The van der Waals surface area contributed by atoms with E-state index in [2.05, 4.69) is 11.9 Å². The van der Waals surface area contributed by atoms with Gasteiger partial charge in [0, 0.05) is 30.8 Å². The number of likely N-dealkylation sites (tertiary alicyclic amines) is 1. The van der Waals surface area contributed by atoms with Crippen LogP contribution in [0, 0.1) is 10.1 Å². The van der Waals surface area contributed by atoms with E-state index in [-0.39, 0.29) is 11.8 Å². The van der Waals surface area contributed by atoms with Crippen molar-refractivity contribution in [3.05, 3.63) is 33.9 Å². The first-order chi connectivity index (χ1) is 9.10. The van der Waals surface area contributed by atoms with Crippen LogP contribution >= 0.6 is 0 Å². The molecule has 19 heavy (non-hydrogen) atoms. The lowest BCUT2D eigenvalue weighted by Gasteiger charge is -2.13. The van der Waals surface area contributed by atoms with E-state index in [1.165, 1.54) is 12.1 Å². The molecule has 0 radical (unpaired) electrons. The first kappa shape index (κ1) is 13.8. The van der Waals surface area contributed by atoms with Crippen molar-refractivity contribution in [3.63, 3.8) is 0 Å². The number of nitro groups is 1. The molecule has 0 aromatic heterocycles. The highest BCUT2D eigenvalue weighted by molar-refractivity contribution is 5.43. The van der Waals surface area contributed by atoms with E-state index in [0.29, 0.717) is 17.9 Å². The van der Waals surface area contributed by atoms with Crippen LogP contribution in [0.1, 0.15) is 12.0 Å². The zero-order valence-electron chi connectivity index (χ0n) is 11.2. The Balaban J connectivity index is 2.05. The summed E-state index contributed by atoms with van der Waals surface area (Å²) in [6, 6.07) is 4.56. The van der Waals surface area contributed by atoms with E-state index in [9.17, 15) is 10.1 Å². The molecule has 0 N–H and O–H groups in total. The molecule has 1 aliphatic heterocycles. The van der Waals surface area contributed by atoms with Crippen molar-refractivity contribution in [1.29, 1.82) is 0 Å². The van der Waals surface area contributed by atoms with Gasteiger partial charge in [-0.15, -0.1) is 0 Å². The van der Waals surface area contributed by atoms with Gasteiger partial charge in [-0.25, -0.2) is 0 Å². The maximum Gasteiger partial charge on any atom is 0.270 e. The van der Waals surface area contributed by atoms with E-state index in [0.717, 1.165) is 19.5 Å². The second-order valence-corrected chi connectivity index (χ2v) is 4.74. The Bertz CT molecular complexity index is 464. The number of benzene rings is 1. The molecule has 1 heterocycles. The van der Waals surface area contributed by atoms with Gasteiger partial charge in [-0.3, -0.25) is 10.1 Å². The molecule has 1 atom stereocenters. The van der Waals surface area contributed by atoms with Crippen LogP contribution in [-0.2, 0) is 11.3 Å². The second kappa shape index (κ2) is 5.99. The number of ether oxygens (including phenoxy) is 2. The molecular weight excluding hydrogens is 248 g/mol. The van der Waals surface area contributed by atoms with E-state index in [4.69, 9.17) is 9.47 Å². The number of rotatable bonds is 5. The molecule has 0 aliphatic carbocycles. The van der Waals surface area contributed by atoms with Crippen molar-refractivity contribution < 1.29 is 14.4 Å². The first-order valence-electron chi connectivity index (χ1n) is 6.21. The molecule has 1 saturated heterocycles. The number of hydrogen-bond acceptors (Lipinski definition) is 5. The van der Waals surface area contributed by atoms with Crippen molar-refractivity contribution in [2.24, 2.45) is 0 Å². The fourth-order valence-corrected chi connectivity index (χ4v) is 2.23. The molecular formula is C13H18N2O4. The Morgan fingerprint density at radius 2 is 2.32 bits per heavy atom. The minimum atomic E-state index is -0.410. The van der Waals surface area contributed by atoms with Gasteiger partial charge < -0.3 is 14.4 Å². The third-order valence-electron chi connectivity index (χ3n) is 3.30. The topological polar surface area (TPSA) is 64.8 Å². The van der Waals surface area contributed by atoms with Gasteiger partial charge in [0.1, 0.15) is 5.75 Å². The Morgan fingerprint density at radius 1 is 1.53 bits per heavy atom. The third-order valence-corrected chi connectivity index (χ3v) is 3.30. The number of methoxy groups -OCH3 is 1. The summed E-state index contributed by atoms with van der Waals surface area (Å²) in [5, 5.41) is 10.8. The molecule has 1 aliphatic rings. The lowest BCUT2D eigenvalue weighted by molar-refractivity contribution is -0.385. The average molecular weight is 266 g/mol. The van der Waals surface area contributed by atoms with Gasteiger partial charge in [0.15, 0.2) is 0 Å². The number of nitrogens with zero attached hydrogens (tertiary/aromatic N) is 2. The largest absolute Gasteiger partial charge is 0.496 e. The standard InChI is InChI=1S/C13H18N2O4/c1-14-6-5-12(8-14)19-9-10-7-11(15(16)17)3-4-13(10)18-2/h3-4,7,12H,5-6,8-9H2,1-2H3. The highest BCUT2D eigenvalue weighted by Crippen LogP contribution is 2.25. The summed E-state index contributed by atoms with van der Waals surface area (Å²) in [7, 11) is 3.60. The normalized spacial score (nSPS) is 19.6. The van der Waals surface area contributed by atoms with Crippen LogP contribution in [0.2, 0.25) is 0 Å². The van der Waals surface area contributed by atoms with E-state index < -0.39 is 4.92 Å². The summed E-state index contributed by atoms with van der Waals surface area (Å²) in [6.45, 7) is 2.26. The second-order valence-electron chi connectivity index (χ2n) is 4.74. The fraction of sp³-hybridized carbons (Fsp3) is 0.538. The Kier molecular flexibility index (Phi) is 4.34. The summed E-state index contributed by atoms with van der Waals surface area (Å²) >= 11 is 0. The smallest absolute Gasteiger partial charge is 0.270 e. The van der Waals surface area contributed by atoms with Crippen molar-refractivity contribution in [1.82, 2.24) is 4.90 Å². The Hall–Kier alpha value is -1.66. The number of non-ortho nitro benzene ring substituents is 1. The van der Waals surface area contributed by atoms with Crippen LogP contribution in [-0.4, -0.2) is 43.2 Å². The quantitative estimate of drug-likeness (QED) is 0.601. The van der Waals surface area contributed by atoms with Gasteiger partial charge in [0.2, 0.25) is 0 Å². The van der Waals surface area contributed by atoms with Gasteiger partial charge in [-0.05, 0) is 19.5 Å². The monoisotopic (exact) mass is 266 g/mol. The summed E-state index contributed by atoms with van der Waals surface area (Å²) in [5.74, 6) is 0.622. The number of hydrogen-bond donors (Lipinski definition) is 0. The zero-order valence-corrected chi connectivity index (χ0v) is 11.2. The number of nitro benzene ring substituents is 1. The molecule has 6 heteroatoms. The van der Waals surface area contributed by atoms with Gasteiger partial charge in [-0.1, -0.05) is 0 Å². The minimum absolute atomic E-state index is 0.0583. The van der Waals surface area contributed by atoms with Crippen LogP contribution in [0.15, 0.2) is 18.2 Å². The zero-order chi connectivity index (χ0) is 13.8. The molecule has 0 amide bonds. The molecule has 1 unspecified atom stereocenters. The van der Waals surface area contributed by atoms with Crippen LogP contribution in [0.3, 0.4) is 0 Å². The van der Waals surface area contributed by atoms with Gasteiger partial charge >= 0.3 is 0 Å². The van der Waals surface area contributed by atoms with Crippen LogP contribution in [0.25, 0.3) is 0 Å². The van der Waals surface area contributed by atoms with Crippen LogP contribution < -0.4 is 4.74 Å². The molecule has 0 spiro atoms. The van der Waals surface area contributed by atoms with Crippen molar-refractivity contribution >= 4 is 5.69 Å². The fourth-order valence-electron chi connectivity index (χ4n) is 2.23. The van der Waals surface area contributed by atoms with Gasteiger partial charge in [-0.2, -0.15) is 0 Å². The lowest BCUT2D eigenvalue weighted by Crippen LogP contribution is -2.19. The molecule has 0 saturated carbocycles. The van der Waals surface area contributed by atoms with Crippen LogP contribution in [0.4, 0.5) is 5.69 Å². The van der Waals surface area contributed by atoms with Crippen LogP contribution in [0.5, 0.6) is 5.75 Å². The molecule has 1 fully saturated rings. The summed E-state index contributed by atoms with van der Waals surface area (Å²) in [5.41, 5.74) is 0.772. The summed E-state index contributed by atoms with van der Waals surface area (Å²) in [4.78, 5) is 12.6. The molecule has 1 aromatic rings. The highest BCUT2D eigenvalue weighted by Gasteiger charge is 2.21.